The number of hydrogen-bond donors (Lipinski definition) is 0. The first-order valence-corrected chi connectivity index (χ1v) is 29.1. The second-order valence-corrected chi connectivity index (χ2v) is 19.2. The molecule has 69 heavy (non-hydrogen) atoms. The largest absolute Gasteiger partial charge is 0.462 e. The molecule has 0 aromatic carbocycles. The Morgan fingerprint density at radius 1 is 0.304 bits per heavy atom. The van der Waals surface area contributed by atoms with Gasteiger partial charge >= 0.3 is 17.9 Å². The van der Waals surface area contributed by atoms with Gasteiger partial charge in [0.1, 0.15) is 13.2 Å². The number of carbonyl (C=O) groups excluding carboxylic acids is 3. The maximum Gasteiger partial charge on any atom is 0.306 e. The van der Waals surface area contributed by atoms with Gasteiger partial charge in [-0.15, -0.1) is 0 Å². The van der Waals surface area contributed by atoms with Gasteiger partial charge in [0.2, 0.25) is 0 Å². The highest BCUT2D eigenvalue weighted by molar-refractivity contribution is 5.71. The Labute approximate surface area is 426 Å². The van der Waals surface area contributed by atoms with E-state index in [1.54, 1.807) is 0 Å². The van der Waals surface area contributed by atoms with Crippen LogP contribution < -0.4 is 0 Å². The van der Waals surface area contributed by atoms with Crippen molar-refractivity contribution in [2.75, 3.05) is 13.2 Å². The molecule has 6 nitrogen and oxygen atoms in total. The van der Waals surface area contributed by atoms with E-state index < -0.39 is 6.10 Å². The fraction of sp³-hybridized carbons (Fsp3) is 0.730. The maximum atomic E-state index is 12.8. The third kappa shape index (κ3) is 55.4. The van der Waals surface area contributed by atoms with Crippen LogP contribution in [-0.2, 0) is 28.6 Å². The smallest absolute Gasteiger partial charge is 0.306 e. The molecule has 0 aromatic heterocycles. The molecule has 0 aliphatic rings. The highest BCUT2D eigenvalue weighted by Gasteiger charge is 2.19. The Kier molecular flexibility index (Phi) is 54.3. The van der Waals surface area contributed by atoms with Gasteiger partial charge in [-0.25, -0.2) is 0 Å². The summed E-state index contributed by atoms with van der Waals surface area (Å²) in [5.41, 5.74) is 0. The summed E-state index contributed by atoms with van der Waals surface area (Å²) in [7, 11) is 0. The van der Waals surface area contributed by atoms with E-state index in [-0.39, 0.29) is 37.5 Å². The summed E-state index contributed by atoms with van der Waals surface area (Å²) in [4.78, 5) is 38.1. The molecule has 0 N–H and O–H groups in total. The first kappa shape index (κ1) is 65.6. The number of carbonyl (C=O) groups is 3. The van der Waals surface area contributed by atoms with Gasteiger partial charge in [0.05, 0.1) is 0 Å². The van der Waals surface area contributed by atoms with Crippen LogP contribution in [0.25, 0.3) is 0 Å². The number of unbranched alkanes of at least 4 members (excludes halogenated alkanes) is 28. The molecule has 0 rings (SSSR count). The second-order valence-electron chi connectivity index (χ2n) is 19.2. The van der Waals surface area contributed by atoms with Gasteiger partial charge in [-0.2, -0.15) is 0 Å². The van der Waals surface area contributed by atoms with E-state index in [9.17, 15) is 14.4 Å². The van der Waals surface area contributed by atoms with Gasteiger partial charge in [0.15, 0.2) is 6.10 Å². The summed E-state index contributed by atoms with van der Waals surface area (Å²) < 4.78 is 16.8. The second kappa shape index (κ2) is 57.2. The van der Waals surface area contributed by atoms with E-state index >= 15 is 0 Å². The predicted molar refractivity (Wildman–Crippen MR) is 297 cm³/mol. The molecule has 0 bridgehead atoms. The minimum absolute atomic E-state index is 0.107. The van der Waals surface area contributed by atoms with E-state index in [0.717, 1.165) is 96.3 Å². The van der Waals surface area contributed by atoms with Crippen molar-refractivity contribution >= 4 is 17.9 Å². The van der Waals surface area contributed by atoms with Gasteiger partial charge in [-0.05, 0) is 109 Å². The Balaban J connectivity index is 4.51. The average Bonchev–Trinajstić information content (AvgIpc) is 3.35. The third-order valence-corrected chi connectivity index (χ3v) is 12.4. The van der Waals surface area contributed by atoms with Gasteiger partial charge < -0.3 is 14.2 Å². The fourth-order valence-electron chi connectivity index (χ4n) is 7.95. The van der Waals surface area contributed by atoms with E-state index in [1.807, 2.05) is 0 Å². The average molecular weight is 962 g/mol. The first-order chi connectivity index (χ1) is 34.0. The zero-order valence-electron chi connectivity index (χ0n) is 45.3. The normalized spacial score (nSPS) is 12.7. The van der Waals surface area contributed by atoms with Crippen molar-refractivity contribution in [1.82, 2.24) is 0 Å². The minimum Gasteiger partial charge on any atom is -0.462 e. The molecule has 0 spiro atoms. The van der Waals surface area contributed by atoms with Crippen LogP contribution in [0.1, 0.15) is 278 Å². The standard InChI is InChI=1S/C63H108O6/c1-4-7-10-13-16-19-22-25-28-31-33-35-38-41-44-47-50-53-56-62(65)68-59-60(58-67-61(64)55-52-49-46-43-40-37-34-30-27-24-21-18-15-12-9-6-3)69-63(66)57-54-51-48-45-42-39-36-32-29-26-23-20-17-14-11-8-5-2/h17,20,26,28-31,33-36,39,45,48,60H,4-16,18-19,21-25,27,32,37-38,40-44,46-47,49-59H2,1-3H3/b20-17-,29-26-,31-28-,34-30-,35-33-,39-36-,48-45-. The number of esters is 3. The Bertz CT molecular complexity index is 1330. The third-order valence-electron chi connectivity index (χ3n) is 12.4. The molecular weight excluding hydrogens is 853 g/mol. The van der Waals surface area contributed by atoms with Crippen LogP contribution in [0.15, 0.2) is 85.1 Å². The van der Waals surface area contributed by atoms with Crippen LogP contribution in [0.5, 0.6) is 0 Å². The van der Waals surface area contributed by atoms with Gasteiger partial charge in [-0.3, -0.25) is 14.4 Å². The van der Waals surface area contributed by atoms with E-state index in [1.165, 1.54) is 135 Å². The maximum absolute atomic E-state index is 12.8. The lowest BCUT2D eigenvalue weighted by atomic mass is 10.1. The number of ether oxygens (including phenoxy) is 3. The van der Waals surface area contributed by atoms with Gasteiger partial charge in [0, 0.05) is 19.3 Å². The summed E-state index contributed by atoms with van der Waals surface area (Å²) in [5, 5.41) is 0. The molecular formula is C63H108O6. The van der Waals surface area contributed by atoms with E-state index in [0.29, 0.717) is 19.3 Å². The SMILES string of the molecule is CCCCC/C=C\C/C=C\C/C=C\C/C=C\CCCC(=O)OC(COC(=O)CCCCCCC/C=C\C=C/CCCCCCCCC)COC(=O)CCCCCCC/C=C\CCCCCCCCC. The monoisotopic (exact) mass is 961 g/mol. The zero-order chi connectivity index (χ0) is 50.0. The number of hydrogen-bond acceptors (Lipinski definition) is 6. The summed E-state index contributed by atoms with van der Waals surface area (Å²) in [6.45, 7) is 6.55. The van der Waals surface area contributed by atoms with Crippen LogP contribution in [0, 0.1) is 0 Å². The molecule has 1 unspecified atom stereocenters. The number of allylic oxidation sites excluding steroid dienone is 14. The fourth-order valence-corrected chi connectivity index (χ4v) is 7.95. The molecule has 0 aromatic rings. The molecule has 0 saturated carbocycles. The van der Waals surface area contributed by atoms with E-state index in [2.05, 4.69) is 106 Å². The minimum atomic E-state index is -0.816. The molecule has 0 aliphatic heterocycles. The molecule has 0 amide bonds. The molecule has 0 saturated heterocycles. The lowest BCUT2D eigenvalue weighted by Crippen LogP contribution is -2.30. The van der Waals surface area contributed by atoms with Gasteiger partial charge in [-0.1, -0.05) is 234 Å². The van der Waals surface area contributed by atoms with Crippen LogP contribution in [0.3, 0.4) is 0 Å². The predicted octanol–water partition coefficient (Wildman–Crippen LogP) is 19.5. The summed E-state index contributed by atoms with van der Waals surface area (Å²) in [5.74, 6) is -0.982. The van der Waals surface area contributed by atoms with Crippen molar-refractivity contribution in [2.45, 2.75) is 284 Å². The van der Waals surface area contributed by atoms with Crippen molar-refractivity contribution < 1.29 is 28.6 Å². The summed E-state index contributed by atoms with van der Waals surface area (Å²) in [6.07, 6.45) is 74.3. The van der Waals surface area contributed by atoms with Crippen LogP contribution in [0.2, 0.25) is 0 Å². The molecule has 0 heterocycles. The molecule has 0 radical (unpaired) electrons. The van der Waals surface area contributed by atoms with Gasteiger partial charge in [0.25, 0.3) is 0 Å². The van der Waals surface area contributed by atoms with Crippen molar-refractivity contribution in [1.29, 1.82) is 0 Å². The number of rotatable bonds is 52. The quantitative estimate of drug-likeness (QED) is 0.0199. The Hall–Kier alpha value is -3.41. The summed E-state index contributed by atoms with van der Waals surface area (Å²) in [6, 6.07) is 0. The molecule has 1 atom stereocenters. The lowest BCUT2D eigenvalue weighted by molar-refractivity contribution is -0.167. The van der Waals surface area contributed by atoms with Crippen LogP contribution in [0.4, 0.5) is 0 Å². The Morgan fingerprint density at radius 3 is 0.986 bits per heavy atom. The van der Waals surface area contributed by atoms with Crippen molar-refractivity contribution in [3.63, 3.8) is 0 Å². The van der Waals surface area contributed by atoms with Crippen molar-refractivity contribution in [2.24, 2.45) is 0 Å². The molecule has 6 heteroatoms. The van der Waals surface area contributed by atoms with Crippen molar-refractivity contribution in [3.05, 3.63) is 85.1 Å². The van der Waals surface area contributed by atoms with E-state index in [4.69, 9.17) is 14.2 Å². The summed E-state index contributed by atoms with van der Waals surface area (Å²) >= 11 is 0. The highest BCUT2D eigenvalue weighted by atomic mass is 16.6. The highest BCUT2D eigenvalue weighted by Crippen LogP contribution is 2.14. The van der Waals surface area contributed by atoms with Crippen LogP contribution >= 0.6 is 0 Å². The molecule has 0 fully saturated rings. The topological polar surface area (TPSA) is 78.9 Å². The first-order valence-electron chi connectivity index (χ1n) is 29.1. The Morgan fingerprint density at radius 2 is 0.580 bits per heavy atom. The molecule has 396 valence electrons. The van der Waals surface area contributed by atoms with Crippen molar-refractivity contribution in [3.8, 4) is 0 Å². The molecule has 0 aliphatic carbocycles. The van der Waals surface area contributed by atoms with Crippen LogP contribution in [-0.4, -0.2) is 37.2 Å². The lowest BCUT2D eigenvalue weighted by Gasteiger charge is -2.18. The zero-order valence-corrected chi connectivity index (χ0v) is 45.3.